The number of anilines is 2. The first-order chi connectivity index (χ1) is 18.8. The molecular weight excluding hydrogens is 501 g/mol. The van der Waals surface area contributed by atoms with E-state index in [0.29, 0.717) is 50.2 Å². The zero-order chi connectivity index (χ0) is 27.9. The molecule has 2 saturated heterocycles. The van der Waals surface area contributed by atoms with Crippen molar-refractivity contribution in [1.29, 1.82) is 0 Å². The number of piperidine rings is 1. The van der Waals surface area contributed by atoms with E-state index in [2.05, 4.69) is 35.6 Å². The Balaban J connectivity index is 1.38. The second-order valence-corrected chi connectivity index (χ2v) is 10.7. The number of carboxylic acids is 1. The third kappa shape index (κ3) is 7.12. The van der Waals surface area contributed by atoms with Gasteiger partial charge in [0, 0.05) is 62.7 Å². The van der Waals surface area contributed by atoms with E-state index in [9.17, 15) is 14.3 Å². The SMILES string of the molecule is CCCCO[C@H]1CN(c2ccc(OC3CCN(c4cc(OCC)ccc4F)CC3C)nc2)[C@@H](CC(=O)O)[C@@H]1C. The number of carboxylic acid groups (broad SMARTS) is 1. The van der Waals surface area contributed by atoms with Crippen LogP contribution in [0, 0.1) is 17.7 Å². The van der Waals surface area contributed by atoms with E-state index in [1.54, 1.807) is 18.3 Å². The van der Waals surface area contributed by atoms with Gasteiger partial charge in [-0.25, -0.2) is 9.37 Å². The lowest BCUT2D eigenvalue weighted by atomic mass is 9.96. The number of carbonyl (C=O) groups is 1. The first kappa shape index (κ1) is 28.9. The van der Waals surface area contributed by atoms with Gasteiger partial charge >= 0.3 is 5.97 Å². The van der Waals surface area contributed by atoms with Crippen molar-refractivity contribution in [2.45, 2.75) is 71.6 Å². The van der Waals surface area contributed by atoms with Crippen molar-refractivity contribution in [3.8, 4) is 11.6 Å². The summed E-state index contributed by atoms with van der Waals surface area (Å²) in [4.78, 5) is 20.3. The number of rotatable bonds is 12. The van der Waals surface area contributed by atoms with Gasteiger partial charge in [-0.3, -0.25) is 4.79 Å². The summed E-state index contributed by atoms with van der Waals surface area (Å²) in [5.41, 5.74) is 1.43. The van der Waals surface area contributed by atoms with Crippen molar-refractivity contribution in [1.82, 2.24) is 4.98 Å². The number of aromatic nitrogens is 1. The van der Waals surface area contributed by atoms with Crippen LogP contribution in [0.1, 0.15) is 53.4 Å². The van der Waals surface area contributed by atoms with E-state index in [-0.39, 0.29) is 42.3 Å². The Morgan fingerprint density at radius 3 is 2.64 bits per heavy atom. The fraction of sp³-hybridized carbons (Fsp3) is 0.600. The zero-order valence-corrected chi connectivity index (χ0v) is 23.5. The fourth-order valence-electron chi connectivity index (χ4n) is 5.66. The van der Waals surface area contributed by atoms with E-state index in [4.69, 9.17) is 14.2 Å². The molecule has 2 fully saturated rings. The third-order valence-electron chi connectivity index (χ3n) is 7.90. The Hall–Kier alpha value is -3.07. The third-order valence-corrected chi connectivity index (χ3v) is 7.90. The molecule has 2 aliphatic rings. The van der Waals surface area contributed by atoms with Gasteiger partial charge in [0.15, 0.2) is 0 Å². The Labute approximate surface area is 231 Å². The molecule has 4 rings (SSSR count). The first-order valence-electron chi connectivity index (χ1n) is 14.2. The highest BCUT2D eigenvalue weighted by atomic mass is 19.1. The number of benzene rings is 1. The molecule has 0 saturated carbocycles. The van der Waals surface area contributed by atoms with E-state index >= 15 is 0 Å². The number of pyridine rings is 1. The second-order valence-electron chi connectivity index (χ2n) is 10.7. The predicted molar refractivity (Wildman–Crippen MR) is 149 cm³/mol. The van der Waals surface area contributed by atoms with Crippen LogP contribution in [-0.2, 0) is 9.53 Å². The molecule has 8 nitrogen and oxygen atoms in total. The van der Waals surface area contributed by atoms with Gasteiger partial charge < -0.3 is 29.1 Å². The van der Waals surface area contributed by atoms with E-state index in [0.717, 1.165) is 24.9 Å². The van der Waals surface area contributed by atoms with Crippen molar-refractivity contribution in [2.24, 2.45) is 11.8 Å². The minimum atomic E-state index is -0.816. The number of halogens is 1. The minimum Gasteiger partial charge on any atom is -0.494 e. The predicted octanol–water partition coefficient (Wildman–Crippen LogP) is 5.40. The quantitative estimate of drug-likeness (QED) is 0.357. The number of ether oxygens (including phenoxy) is 3. The highest BCUT2D eigenvalue weighted by Crippen LogP contribution is 2.35. The molecule has 39 heavy (non-hydrogen) atoms. The van der Waals surface area contributed by atoms with E-state index < -0.39 is 5.97 Å². The monoisotopic (exact) mass is 543 g/mol. The second kappa shape index (κ2) is 13.3. The Morgan fingerprint density at radius 2 is 1.97 bits per heavy atom. The molecule has 0 spiro atoms. The van der Waals surface area contributed by atoms with E-state index in [1.807, 2.05) is 19.1 Å². The molecule has 1 aromatic carbocycles. The minimum absolute atomic E-state index is 0.0121. The maximum atomic E-state index is 14.6. The molecule has 5 atom stereocenters. The molecule has 1 aromatic heterocycles. The summed E-state index contributed by atoms with van der Waals surface area (Å²) in [5, 5.41) is 9.52. The molecule has 2 aliphatic heterocycles. The topological polar surface area (TPSA) is 84.4 Å². The number of unbranched alkanes of at least 4 members (excludes halogenated alkanes) is 1. The maximum Gasteiger partial charge on any atom is 0.305 e. The van der Waals surface area contributed by atoms with Gasteiger partial charge in [-0.05, 0) is 31.5 Å². The number of aliphatic carboxylic acids is 1. The van der Waals surface area contributed by atoms with Crippen molar-refractivity contribution in [2.75, 3.05) is 42.6 Å². The molecule has 2 unspecified atom stereocenters. The van der Waals surface area contributed by atoms with Gasteiger partial charge in [0.25, 0.3) is 0 Å². The summed E-state index contributed by atoms with van der Waals surface area (Å²) in [6.07, 6.45) is 4.56. The van der Waals surface area contributed by atoms with Gasteiger partial charge in [-0.15, -0.1) is 0 Å². The molecule has 1 N–H and O–H groups in total. The van der Waals surface area contributed by atoms with Crippen LogP contribution in [0.4, 0.5) is 15.8 Å². The summed E-state index contributed by atoms with van der Waals surface area (Å²) in [6, 6.07) is 8.53. The highest BCUT2D eigenvalue weighted by molar-refractivity contribution is 5.69. The molecule has 0 bridgehead atoms. The normalized spacial score (nSPS) is 25.1. The van der Waals surface area contributed by atoms with E-state index in [1.165, 1.54) is 6.07 Å². The van der Waals surface area contributed by atoms with Crippen LogP contribution in [0.25, 0.3) is 0 Å². The van der Waals surface area contributed by atoms with Crippen molar-refractivity contribution in [3.63, 3.8) is 0 Å². The average Bonchev–Trinajstić information content (AvgIpc) is 3.21. The smallest absolute Gasteiger partial charge is 0.305 e. The van der Waals surface area contributed by atoms with Gasteiger partial charge in [-0.1, -0.05) is 27.2 Å². The van der Waals surface area contributed by atoms with Crippen molar-refractivity contribution >= 4 is 17.3 Å². The molecule has 2 aromatic rings. The standard InChI is InChI=1S/C30H42FN3O5/c1-5-7-14-38-28-19-34(25(21(28)4)16-30(35)36)22-8-11-29(32-17-22)39-27-12-13-33(18-20(27)3)26-15-23(37-6-2)9-10-24(26)31/h8-11,15,17,20-21,25,27-28H,5-7,12-14,16,18-19H2,1-4H3,(H,35,36)/t20?,21-,25-,27?,28-/m0/s1. The zero-order valence-electron chi connectivity index (χ0n) is 23.5. The summed E-state index contributed by atoms with van der Waals surface area (Å²) < 4.78 is 32.5. The molecule has 3 heterocycles. The van der Waals surface area contributed by atoms with Gasteiger partial charge in [-0.2, -0.15) is 0 Å². The maximum absolute atomic E-state index is 14.6. The molecule has 0 radical (unpaired) electrons. The van der Waals surface area contributed by atoms with Crippen LogP contribution in [0.3, 0.4) is 0 Å². The molecular formula is C30H42FN3O5. The first-order valence-corrected chi connectivity index (χ1v) is 14.2. The number of hydrogen-bond acceptors (Lipinski definition) is 7. The van der Waals surface area contributed by atoms with Crippen molar-refractivity contribution in [3.05, 3.63) is 42.3 Å². The Morgan fingerprint density at radius 1 is 1.15 bits per heavy atom. The summed E-state index contributed by atoms with van der Waals surface area (Å²) >= 11 is 0. The van der Waals surface area contributed by atoms with Crippen LogP contribution in [-0.4, -0.2) is 67.2 Å². The molecule has 0 aliphatic carbocycles. The van der Waals surface area contributed by atoms with Gasteiger partial charge in [0.1, 0.15) is 17.7 Å². The molecule has 9 heteroatoms. The Kier molecular flexibility index (Phi) is 9.88. The molecule has 0 amide bonds. The fourth-order valence-corrected chi connectivity index (χ4v) is 5.66. The summed E-state index contributed by atoms with van der Waals surface area (Å²) in [5.74, 6) is 0.392. The van der Waals surface area contributed by atoms with Crippen LogP contribution >= 0.6 is 0 Å². The van der Waals surface area contributed by atoms with Gasteiger partial charge in [0.05, 0.1) is 36.7 Å². The molecule has 214 valence electrons. The summed E-state index contributed by atoms with van der Waals surface area (Å²) in [6.45, 7) is 11.4. The van der Waals surface area contributed by atoms with Crippen LogP contribution in [0.15, 0.2) is 36.5 Å². The lowest BCUT2D eigenvalue weighted by molar-refractivity contribution is -0.137. The Bertz CT molecular complexity index is 1080. The van der Waals surface area contributed by atoms with Crippen LogP contribution in [0.5, 0.6) is 11.6 Å². The average molecular weight is 544 g/mol. The lowest BCUT2D eigenvalue weighted by Gasteiger charge is -2.38. The lowest BCUT2D eigenvalue weighted by Crippen LogP contribution is -2.44. The highest BCUT2D eigenvalue weighted by Gasteiger charge is 2.41. The van der Waals surface area contributed by atoms with Crippen LogP contribution < -0.4 is 19.3 Å². The van der Waals surface area contributed by atoms with Crippen LogP contribution in [0.2, 0.25) is 0 Å². The number of hydrogen-bond donors (Lipinski definition) is 1. The van der Waals surface area contributed by atoms with Gasteiger partial charge in [0.2, 0.25) is 5.88 Å². The largest absolute Gasteiger partial charge is 0.494 e. The van der Waals surface area contributed by atoms with Crippen molar-refractivity contribution < 1.29 is 28.5 Å². The number of nitrogens with zero attached hydrogens (tertiary/aromatic N) is 3. The summed E-state index contributed by atoms with van der Waals surface area (Å²) in [7, 11) is 0.